The van der Waals surface area contributed by atoms with E-state index in [9.17, 15) is 4.79 Å². The van der Waals surface area contributed by atoms with Gasteiger partial charge in [-0.05, 0) is 32.4 Å². The lowest BCUT2D eigenvalue weighted by atomic mass is 10.0. The van der Waals surface area contributed by atoms with E-state index in [0.717, 1.165) is 17.3 Å². The minimum atomic E-state index is -0.233. The topological polar surface area (TPSA) is 46.4 Å². The Morgan fingerprint density at radius 1 is 1.50 bits per heavy atom. The van der Waals surface area contributed by atoms with Gasteiger partial charge in [-0.2, -0.15) is 5.10 Å². The lowest BCUT2D eigenvalue weighted by Crippen LogP contribution is -2.43. The van der Waals surface area contributed by atoms with Gasteiger partial charge in [-0.3, -0.25) is 4.79 Å². The zero-order chi connectivity index (χ0) is 13.2. The van der Waals surface area contributed by atoms with Gasteiger partial charge in [-0.25, -0.2) is 4.52 Å². The molecule has 2 rings (SSSR count). The van der Waals surface area contributed by atoms with Crippen LogP contribution < -0.4 is 5.32 Å². The monoisotopic (exact) mass is 309 g/mol. The van der Waals surface area contributed by atoms with Crippen molar-refractivity contribution in [3.05, 3.63) is 36.2 Å². The standard InChI is InChI=1S/C13H16BrN3O/c1-13(2,6-7-14)16-12(18)10-9-15-17-8-4-3-5-11(10)17/h3-5,8-9H,6-7H2,1-2H3,(H,16,18). The minimum absolute atomic E-state index is 0.0813. The lowest BCUT2D eigenvalue weighted by Gasteiger charge is -2.25. The smallest absolute Gasteiger partial charge is 0.255 e. The second kappa shape index (κ2) is 5.10. The van der Waals surface area contributed by atoms with Gasteiger partial charge in [0.05, 0.1) is 17.3 Å². The van der Waals surface area contributed by atoms with E-state index >= 15 is 0 Å². The summed E-state index contributed by atoms with van der Waals surface area (Å²) in [7, 11) is 0. The number of fused-ring (bicyclic) bond motifs is 1. The van der Waals surface area contributed by atoms with Gasteiger partial charge in [0.2, 0.25) is 0 Å². The highest BCUT2D eigenvalue weighted by Gasteiger charge is 2.22. The summed E-state index contributed by atoms with van der Waals surface area (Å²) in [6.45, 7) is 4.02. The van der Waals surface area contributed by atoms with Crippen LogP contribution in [0, 0.1) is 0 Å². The largest absolute Gasteiger partial charge is 0.347 e. The molecule has 2 aromatic rings. The zero-order valence-electron chi connectivity index (χ0n) is 10.5. The van der Waals surface area contributed by atoms with Crippen LogP contribution in [-0.2, 0) is 0 Å². The van der Waals surface area contributed by atoms with Crippen molar-refractivity contribution >= 4 is 27.4 Å². The highest BCUT2D eigenvalue weighted by atomic mass is 79.9. The highest BCUT2D eigenvalue weighted by Crippen LogP contribution is 2.14. The number of carbonyl (C=O) groups is 1. The van der Waals surface area contributed by atoms with Crippen LogP contribution >= 0.6 is 15.9 Å². The molecular formula is C13H16BrN3O. The van der Waals surface area contributed by atoms with E-state index in [-0.39, 0.29) is 11.4 Å². The molecule has 0 aliphatic carbocycles. The molecule has 0 aliphatic heterocycles. The van der Waals surface area contributed by atoms with Gasteiger partial charge in [0, 0.05) is 17.1 Å². The number of halogens is 1. The number of pyridine rings is 1. The fourth-order valence-corrected chi connectivity index (χ4v) is 2.77. The van der Waals surface area contributed by atoms with E-state index in [1.54, 1.807) is 10.7 Å². The third kappa shape index (κ3) is 2.72. The maximum atomic E-state index is 12.2. The Labute approximate surface area is 115 Å². The number of hydrogen-bond acceptors (Lipinski definition) is 2. The number of rotatable bonds is 4. The predicted octanol–water partition coefficient (Wildman–Crippen LogP) is 2.63. The fraction of sp³-hybridized carbons (Fsp3) is 0.385. The fourth-order valence-electron chi connectivity index (χ4n) is 1.78. The van der Waals surface area contributed by atoms with Crippen molar-refractivity contribution in [2.75, 3.05) is 5.33 Å². The minimum Gasteiger partial charge on any atom is -0.347 e. The molecule has 0 aliphatic rings. The summed E-state index contributed by atoms with van der Waals surface area (Å²) in [6, 6.07) is 5.67. The van der Waals surface area contributed by atoms with E-state index in [0.29, 0.717) is 5.56 Å². The normalized spacial score (nSPS) is 11.7. The van der Waals surface area contributed by atoms with Gasteiger partial charge >= 0.3 is 0 Å². The molecule has 0 aromatic carbocycles. The Hall–Kier alpha value is -1.36. The van der Waals surface area contributed by atoms with Gasteiger partial charge in [0.1, 0.15) is 0 Å². The molecule has 5 heteroatoms. The summed E-state index contributed by atoms with van der Waals surface area (Å²) < 4.78 is 1.70. The first-order valence-electron chi connectivity index (χ1n) is 5.84. The Bertz CT molecular complexity index is 562. The molecule has 2 aromatic heterocycles. The van der Waals surface area contributed by atoms with E-state index in [1.165, 1.54) is 0 Å². The van der Waals surface area contributed by atoms with Crippen molar-refractivity contribution in [1.29, 1.82) is 0 Å². The first-order valence-corrected chi connectivity index (χ1v) is 6.96. The summed E-state index contributed by atoms with van der Waals surface area (Å²) in [6.07, 6.45) is 4.31. The summed E-state index contributed by atoms with van der Waals surface area (Å²) in [5, 5.41) is 8.05. The van der Waals surface area contributed by atoms with Crippen LogP contribution in [0.2, 0.25) is 0 Å². The maximum Gasteiger partial charge on any atom is 0.255 e. The molecule has 1 N–H and O–H groups in total. The molecule has 2 heterocycles. The van der Waals surface area contributed by atoms with Gasteiger partial charge in [-0.1, -0.05) is 22.0 Å². The van der Waals surface area contributed by atoms with Crippen LogP contribution in [0.15, 0.2) is 30.6 Å². The molecule has 1 amide bonds. The summed E-state index contributed by atoms with van der Waals surface area (Å²) in [5.41, 5.74) is 1.20. The van der Waals surface area contributed by atoms with E-state index in [1.807, 2.05) is 38.2 Å². The molecule has 0 unspecified atom stereocenters. The number of aromatic nitrogens is 2. The molecule has 0 spiro atoms. The molecule has 0 saturated carbocycles. The summed E-state index contributed by atoms with van der Waals surface area (Å²) in [5.74, 6) is -0.0813. The Balaban J connectivity index is 2.24. The van der Waals surface area contributed by atoms with E-state index in [2.05, 4.69) is 26.3 Å². The number of carbonyl (C=O) groups excluding carboxylic acids is 1. The van der Waals surface area contributed by atoms with E-state index < -0.39 is 0 Å². The first-order chi connectivity index (χ1) is 8.53. The molecular weight excluding hydrogens is 294 g/mol. The molecule has 0 fully saturated rings. The zero-order valence-corrected chi connectivity index (χ0v) is 12.1. The number of alkyl halides is 1. The third-order valence-electron chi connectivity index (χ3n) is 2.84. The van der Waals surface area contributed by atoms with Crippen LogP contribution in [0.4, 0.5) is 0 Å². The second-order valence-electron chi connectivity index (χ2n) is 4.87. The van der Waals surface area contributed by atoms with Gasteiger partial charge in [-0.15, -0.1) is 0 Å². The second-order valence-corrected chi connectivity index (χ2v) is 5.66. The van der Waals surface area contributed by atoms with Crippen LogP contribution in [0.1, 0.15) is 30.6 Å². The maximum absolute atomic E-state index is 12.2. The third-order valence-corrected chi connectivity index (χ3v) is 3.24. The molecule has 96 valence electrons. The number of nitrogens with zero attached hydrogens (tertiary/aromatic N) is 2. The van der Waals surface area contributed by atoms with Crippen molar-refractivity contribution < 1.29 is 4.79 Å². The SMILES string of the molecule is CC(C)(CCBr)NC(=O)c1cnn2ccccc12. The Morgan fingerprint density at radius 3 is 3.00 bits per heavy atom. The van der Waals surface area contributed by atoms with Crippen LogP contribution in [0.25, 0.3) is 5.52 Å². The quantitative estimate of drug-likeness (QED) is 0.883. The molecule has 0 radical (unpaired) electrons. The average molecular weight is 310 g/mol. The van der Waals surface area contributed by atoms with Gasteiger partial charge in [0.15, 0.2) is 0 Å². The molecule has 0 saturated heterocycles. The van der Waals surface area contributed by atoms with Crippen molar-refractivity contribution in [2.45, 2.75) is 25.8 Å². The van der Waals surface area contributed by atoms with Crippen LogP contribution in [0.5, 0.6) is 0 Å². The molecule has 18 heavy (non-hydrogen) atoms. The van der Waals surface area contributed by atoms with Crippen molar-refractivity contribution in [2.24, 2.45) is 0 Å². The van der Waals surface area contributed by atoms with Crippen molar-refractivity contribution in [3.8, 4) is 0 Å². The number of nitrogens with one attached hydrogen (secondary N) is 1. The lowest BCUT2D eigenvalue weighted by molar-refractivity contribution is 0.0913. The van der Waals surface area contributed by atoms with Crippen LogP contribution in [0.3, 0.4) is 0 Å². The van der Waals surface area contributed by atoms with E-state index in [4.69, 9.17) is 0 Å². The average Bonchev–Trinajstić information content (AvgIpc) is 2.71. The van der Waals surface area contributed by atoms with Crippen LogP contribution in [-0.4, -0.2) is 26.4 Å². The predicted molar refractivity (Wildman–Crippen MR) is 75.1 cm³/mol. The van der Waals surface area contributed by atoms with Gasteiger partial charge < -0.3 is 5.32 Å². The summed E-state index contributed by atoms with van der Waals surface area (Å²) in [4.78, 5) is 12.2. The Morgan fingerprint density at radius 2 is 2.28 bits per heavy atom. The molecule has 4 nitrogen and oxygen atoms in total. The number of hydrogen-bond donors (Lipinski definition) is 1. The Kier molecular flexibility index (Phi) is 3.71. The summed E-state index contributed by atoms with van der Waals surface area (Å²) >= 11 is 3.40. The van der Waals surface area contributed by atoms with Crippen molar-refractivity contribution in [3.63, 3.8) is 0 Å². The molecule has 0 atom stereocenters. The molecule has 0 bridgehead atoms. The first kappa shape index (κ1) is 13.1. The van der Waals surface area contributed by atoms with Crippen molar-refractivity contribution in [1.82, 2.24) is 14.9 Å². The highest BCUT2D eigenvalue weighted by molar-refractivity contribution is 9.09. The van der Waals surface area contributed by atoms with Gasteiger partial charge in [0.25, 0.3) is 5.91 Å². The number of amides is 1.